The molecule has 1 aliphatic rings. The van der Waals surface area contributed by atoms with Gasteiger partial charge < -0.3 is 30.9 Å². The molecule has 4 atom stereocenters. The van der Waals surface area contributed by atoms with Crippen molar-refractivity contribution in [2.75, 3.05) is 12.3 Å². The Balaban J connectivity index is 1.72. The summed E-state index contributed by atoms with van der Waals surface area (Å²) in [5.74, 6) is -1.19. The average molecular weight is 480 g/mol. The smallest absolute Gasteiger partial charge is 0.322 e. The third kappa shape index (κ3) is 3.68. The zero-order valence-corrected chi connectivity index (χ0v) is 17.2. The number of para-hydroxylation sites is 1. The number of nitro benzene ring substituents is 1. The summed E-state index contributed by atoms with van der Waals surface area (Å²) in [5, 5.41) is 49.4. The summed E-state index contributed by atoms with van der Waals surface area (Å²) >= 11 is 0.211. The van der Waals surface area contributed by atoms with Crippen LogP contribution in [0.2, 0.25) is 0 Å². The monoisotopic (exact) mass is 480 g/mol. The number of hydrogen-bond donors (Lipinski definition) is 5. The Kier molecular flexibility index (Phi) is 5.76. The SMILES string of the molecule is Nc1nc2c(ncn2[C@@H]2O[C@H](CO)[C@@H](O)[C@H]2O)c(=O)n1SC(=O)c1cccc(O)c1[N+](=O)[O-]. The highest BCUT2D eigenvalue weighted by Gasteiger charge is 2.44. The lowest BCUT2D eigenvalue weighted by atomic mass is 10.1. The topological polar surface area (TPSA) is 229 Å². The summed E-state index contributed by atoms with van der Waals surface area (Å²) in [4.78, 5) is 43.8. The Morgan fingerprint density at radius 3 is 2.70 bits per heavy atom. The van der Waals surface area contributed by atoms with E-state index in [0.717, 1.165) is 23.0 Å². The number of anilines is 1. The molecule has 0 unspecified atom stereocenters. The molecular weight excluding hydrogens is 464 g/mol. The predicted molar refractivity (Wildman–Crippen MR) is 111 cm³/mol. The molecule has 15 nitrogen and oxygen atoms in total. The zero-order chi connectivity index (χ0) is 24.0. The van der Waals surface area contributed by atoms with Crippen LogP contribution in [0.1, 0.15) is 16.6 Å². The molecule has 4 rings (SSSR count). The lowest BCUT2D eigenvalue weighted by Crippen LogP contribution is -2.33. The van der Waals surface area contributed by atoms with Gasteiger partial charge in [-0.15, -0.1) is 0 Å². The van der Waals surface area contributed by atoms with E-state index in [4.69, 9.17) is 10.5 Å². The van der Waals surface area contributed by atoms with E-state index in [1.54, 1.807) is 0 Å². The fourth-order valence-corrected chi connectivity index (χ4v) is 4.11. The Labute approximate surface area is 187 Å². The Hall–Kier alpha value is -3.57. The van der Waals surface area contributed by atoms with Gasteiger partial charge in [-0.3, -0.25) is 24.3 Å². The highest BCUT2D eigenvalue weighted by molar-refractivity contribution is 8.12. The molecule has 0 saturated carbocycles. The first-order chi connectivity index (χ1) is 15.6. The number of aromatic hydroxyl groups is 1. The molecule has 16 heteroatoms. The number of aliphatic hydroxyl groups excluding tert-OH is 3. The van der Waals surface area contributed by atoms with Gasteiger partial charge in [0.1, 0.15) is 23.9 Å². The second kappa shape index (κ2) is 8.41. The standard InChI is InChI=1S/C17H16N6O9S/c18-17-20-13-9(19-5-21(13)15-12(27)11(26)8(4-24)32-15)14(28)22(17)33-16(29)6-2-1-3-7(25)10(6)23(30)31/h1-3,5,8,11-12,15,24-27H,4H2,(H2,18,20)/t8-,11-,12-,15-/m1/s1. The van der Waals surface area contributed by atoms with Crippen molar-refractivity contribution in [3.63, 3.8) is 0 Å². The largest absolute Gasteiger partial charge is 0.502 e. The van der Waals surface area contributed by atoms with Gasteiger partial charge >= 0.3 is 5.69 Å². The van der Waals surface area contributed by atoms with Crippen LogP contribution in [0.5, 0.6) is 5.75 Å². The fraction of sp³-hybridized carbons (Fsp3) is 0.294. The first kappa shape index (κ1) is 22.6. The highest BCUT2D eigenvalue weighted by Crippen LogP contribution is 2.33. The van der Waals surface area contributed by atoms with Crippen LogP contribution >= 0.6 is 11.9 Å². The highest BCUT2D eigenvalue weighted by atomic mass is 32.2. The molecule has 3 aromatic rings. The summed E-state index contributed by atoms with van der Waals surface area (Å²) in [7, 11) is 0. The molecule has 1 fully saturated rings. The minimum absolute atomic E-state index is 0.125. The maximum atomic E-state index is 12.9. The van der Waals surface area contributed by atoms with Gasteiger partial charge in [0.25, 0.3) is 5.56 Å². The van der Waals surface area contributed by atoms with E-state index in [2.05, 4.69) is 9.97 Å². The Morgan fingerprint density at radius 2 is 2.06 bits per heavy atom. The summed E-state index contributed by atoms with van der Waals surface area (Å²) in [6.45, 7) is -0.566. The molecule has 33 heavy (non-hydrogen) atoms. The number of fused-ring (bicyclic) bond motifs is 1. The quantitative estimate of drug-likeness (QED) is 0.212. The van der Waals surface area contributed by atoms with Gasteiger partial charge in [-0.1, -0.05) is 6.07 Å². The van der Waals surface area contributed by atoms with Gasteiger partial charge in [0.2, 0.25) is 11.1 Å². The molecule has 1 aromatic carbocycles. The number of aliphatic hydroxyl groups is 3. The van der Waals surface area contributed by atoms with Gasteiger partial charge in [0.05, 0.1) is 17.9 Å². The molecular formula is C17H16N6O9S. The van der Waals surface area contributed by atoms with Crippen molar-refractivity contribution in [1.82, 2.24) is 18.5 Å². The van der Waals surface area contributed by atoms with Crippen molar-refractivity contribution < 1.29 is 34.9 Å². The van der Waals surface area contributed by atoms with Crippen LogP contribution in [-0.4, -0.2) is 73.9 Å². The number of rotatable bonds is 5. The maximum Gasteiger partial charge on any atom is 0.322 e. The third-order valence-electron chi connectivity index (χ3n) is 4.97. The van der Waals surface area contributed by atoms with Crippen molar-refractivity contribution in [2.45, 2.75) is 24.5 Å². The number of benzene rings is 1. The van der Waals surface area contributed by atoms with Gasteiger partial charge in [0.15, 0.2) is 23.1 Å². The van der Waals surface area contributed by atoms with E-state index in [0.29, 0.717) is 3.97 Å². The number of nitro groups is 1. The molecule has 0 spiro atoms. The van der Waals surface area contributed by atoms with Crippen LogP contribution in [0.15, 0.2) is 29.3 Å². The average Bonchev–Trinajstić information content (AvgIpc) is 3.31. The number of aromatic nitrogens is 4. The van der Waals surface area contributed by atoms with Crippen molar-refractivity contribution in [3.8, 4) is 5.75 Å². The number of ether oxygens (including phenoxy) is 1. The van der Waals surface area contributed by atoms with Crippen LogP contribution < -0.4 is 11.3 Å². The van der Waals surface area contributed by atoms with Gasteiger partial charge in [-0.25, -0.2) is 8.96 Å². The number of carbonyl (C=O) groups excluding carboxylic acids is 1. The van der Waals surface area contributed by atoms with Crippen LogP contribution in [0.3, 0.4) is 0 Å². The first-order valence-corrected chi connectivity index (χ1v) is 9.99. The number of phenols is 1. The summed E-state index contributed by atoms with van der Waals surface area (Å²) in [6, 6.07) is 3.38. The van der Waals surface area contributed by atoms with Crippen LogP contribution in [0, 0.1) is 10.1 Å². The van der Waals surface area contributed by atoms with E-state index in [1.165, 1.54) is 6.07 Å². The Bertz CT molecular complexity index is 1320. The lowest BCUT2D eigenvalue weighted by molar-refractivity contribution is -0.386. The number of imidazole rings is 1. The molecule has 3 heterocycles. The molecule has 174 valence electrons. The van der Waals surface area contributed by atoms with E-state index >= 15 is 0 Å². The number of nitrogens with zero attached hydrogens (tertiary/aromatic N) is 5. The molecule has 0 radical (unpaired) electrons. The van der Waals surface area contributed by atoms with Crippen molar-refractivity contribution in [3.05, 3.63) is 50.6 Å². The minimum Gasteiger partial charge on any atom is -0.502 e. The molecule has 1 saturated heterocycles. The van der Waals surface area contributed by atoms with Crippen LogP contribution in [0.25, 0.3) is 11.2 Å². The van der Waals surface area contributed by atoms with Gasteiger partial charge in [-0.2, -0.15) is 4.98 Å². The van der Waals surface area contributed by atoms with E-state index in [-0.39, 0.29) is 23.1 Å². The van der Waals surface area contributed by atoms with Crippen molar-refractivity contribution >= 4 is 39.9 Å². The second-order valence-electron chi connectivity index (χ2n) is 6.93. The number of nitrogens with two attached hydrogens (primary N) is 1. The second-order valence-corrected chi connectivity index (χ2v) is 7.85. The molecule has 6 N–H and O–H groups in total. The predicted octanol–water partition coefficient (Wildman–Crippen LogP) is -1.26. The number of hydrogen-bond acceptors (Lipinski definition) is 13. The number of phenolic OH excluding ortho intramolecular Hbond substituents is 1. The van der Waals surface area contributed by atoms with Gasteiger partial charge in [0, 0.05) is 11.9 Å². The lowest BCUT2D eigenvalue weighted by Gasteiger charge is -2.16. The number of carbonyl (C=O) groups is 1. The molecule has 0 amide bonds. The molecule has 1 aliphatic heterocycles. The summed E-state index contributed by atoms with van der Waals surface area (Å²) in [5.41, 5.74) is 3.27. The third-order valence-corrected chi connectivity index (χ3v) is 5.89. The first-order valence-electron chi connectivity index (χ1n) is 9.22. The minimum atomic E-state index is -1.47. The van der Waals surface area contributed by atoms with E-state index in [9.17, 15) is 40.1 Å². The molecule has 2 aromatic heterocycles. The fourth-order valence-electron chi connectivity index (χ4n) is 3.37. The van der Waals surface area contributed by atoms with E-state index in [1.807, 2.05) is 0 Å². The maximum absolute atomic E-state index is 12.9. The van der Waals surface area contributed by atoms with Crippen molar-refractivity contribution in [2.24, 2.45) is 0 Å². The van der Waals surface area contributed by atoms with E-state index < -0.39 is 69.7 Å². The Morgan fingerprint density at radius 1 is 1.33 bits per heavy atom. The van der Waals surface area contributed by atoms with Crippen LogP contribution in [0.4, 0.5) is 11.6 Å². The molecule has 0 aliphatic carbocycles. The molecule has 0 bridgehead atoms. The van der Waals surface area contributed by atoms with Crippen molar-refractivity contribution in [1.29, 1.82) is 0 Å². The summed E-state index contributed by atoms with van der Waals surface area (Å²) < 4.78 is 7.22. The zero-order valence-electron chi connectivity index (χ0n) is 16.4. The summed E-state index contributed by atoms with van der Waals surface area (Å²) in [6.07, 6.45) is -4.07. The normalized spacial score (nSPS) is 22.6. The number of nitrogen functional groups attached to an aromatic ring is 1. The van der Waals surface area contributed by atoms with Crippen LogP contribution in [-0.2, 0) is 4.74 Å². The van der Waals surface area contributed by atoms with Gasteiger partial charge in [-0.05, 0) is 12.1 Å².